The van der Waals surface area contributed by atoms with Crippen LogP contribution in [-0.2, 0) is 21.6 Å². The van der Waals surface area contributed by atoms with E-state index in [1.165, 1.54) is 6.07 Å². The molecule has 2 aliphatic rings. The van der Waals surface area contributed by atoms with E-state index in [4.69, 9.17) is 14.1 Å². The standard InChI is InChI=1S/C35H51FN4O3Si/c1-23-20-27(31-28(21-23)32(41)39(7)33(38-31)35(6)14-18-42-19-15-35)24(2)37-29-11-10-25(36)22-30(29)40-16-12-26(13-17-40)43-44(8,9)34(3,4)5/h10-11,20-22,24,26,37H,12-19H2,1-9H3/t24-/m1/s1. The van der Waals surface area contributed by atoms with E-state index in [1.54, 1.807) is 10.6 Å². The number of hydrogen-bond donors (Lipinski definition) is 1. The van der Waals surface area contributed by atoms with Crippen LogP contribution in [0.15, 0.2) is 35.1 Å². The smallest absolute Gasteiger partial charge is 0.261 e. The Labute approximate surface area is 263 Å². The Morgan fingerprint density at radius 3 is 2.43 bits per heavy atom. The molecule has 0 amide bonds. The molecular weight excluding hydrogens is 571 g/mol. The van der Waals surface area contributed by atoms with E-state index in [-0.39, 0.29) is 34.0 Å². The average Bonchev–Trinajstić information content (AvgIpc) is 2.95. The van der Waals surface area contributed by atoms with Crippen LogP contribution in [0.4, 0.5) is 15.8 Å². The number of aromatic nitrogens is 2. The summed E-state index contributed by atoms with van der Waals surface area (Å²) in [4.78, 5) is 21.2. The molecule has 0 radical (unpaired) electrons. The topological polar surface area (TPSA) is 68.6 Å². The van der Waals surface area contributed by atoms with Crippen molar-refractivity contribution in [2.45, 2.75) is 103 Å². The highest BCUT2D eigenvalue weighted by Crippen LogP contribution is 2.40. The van der Waals surface area contributed by atoms with Crippen molar-refractivity contribution in [1.29, 1.82) is 0 Å². The first-order valence-electron chi connectivity index (χ1n) is 16.2. The molecule has 0 unspecified atom stereocenters. The number of piperidine rings is 1. The number of ether oxygens (including phenoxy) is 1. The number of fused-ring (bicyclic) bond motifs is 1. The summed E-state index contributed by atoms with van der Waals surface area (Å²) in [5.74, 6) is 0.555. The summed E-state index contributed by atoms with van der Waals surface area (Å²) in [6.45, 7) is 20.7. The molecule has 1 atom stereocenters. The highest BCUT2D eigenvalue weighted by molar-refractivity contribution is 6.74. The summed E-state index contributed by atoms with van der Waals surface area (Å²) >= 11 is 0. The zero-order valence-corrected chi connectivity index (χ0v) is 29.1. The summed E-state index contributed by atoms with van der Waals surface area (Å²) < 4.78 is 28.7. The molecule has 2 fully saturated rings. The number of rotatable bonds is 7. The van der Waals surface area contributed by atoms with Gasteiger partial charge >= 0.3 is 0 Å². The fraction of sp³-hybridized carbons (Fsp3) is 0.600. The van der Waals surface area contributed by atoms with Gasteiger partial charge in [0, 0.05) is 50.4 Å². The van der Waals surface area contributed by atoms with Crippen molar-refractivity contribution < 1.29 is 13.6 Å². The molecule has 0 aliphatic carbocycles. The number of hydrogen-bond acceptors (Lipinski definition) is 6. The monoisotopic (exact) mass is 622 g/mol. The lowest BCUT2D eigenvalue weighted by atomic mass is 9.81. The second kappa shape index (κ2) is 12.2. The Balaban J connectivity index is 1.43. The third-order valence-corrected chi connectivity index (χ3v) is 14.9. The Morgan fingerprint density at radius 2 is 1.80 bits per heavy atom. The maximum atomic E-state index is 14.7. The second-order valence-corrected chi connectivity index (χ2v) is 19.6. The minimum absolute atomic E-state index is 0.0277. The lowest BCUT2D eigenvalue weighted by Crippen LogP contribution is -2.47. The zero-order chi connectivity index (χ0) is 32.0. The molecule has 0 spiro atoms. The van der Waals surface area contributed by atoms with Crippen LogP contribution < -0.4 is 15.8 Å². The van der Waals surface area contributed by atoms with E-state index in [1.807, 2.05) is 26.1 Å². The van der Waals surface area contributed by atoms with Gasteiger partial charge in [-0.25, -0.2) is 9.37 Å². The molecular formula is C35H51FN4O3Si. The molecule has 1 N–H and O–H groups in total. The van der Waals surface area contributed by atoms with Crippen molar-refractivity contribution in [1.82, 2.24) is 9.55 Å². The van der Waals surface area contributed by atoms with Gasteiger partial charge in [0.2, 0.25) is 0 Å². The SMILES string of the molecule is Cc1cc([C@@H](C)Nc2ccc(F)cc2N2CCC(O[Si](C)(C)C(C)(C)C)CC2)c2nc(C3(C)CCOCC3)n(C)c(=O)c2c1. The van der Waals surface area contributed by atoms with Crippen molar-refractivity contribution in [2.24, 2.45) is 7.05 Å². The summed E-state index contributed by atoms with van der Waals surface area (Å²) in [6.07, 6.45) is 3.71. The third kappa shape index (κ3) is 6.46. The van der Waals surface area contributed by atoms with Gasteiger partial charge in [-0.1, -0.05) is 33.8 Å². The molecule has 3 heterocycles. The van der Waals surface area contributed by atoms with Gasteiger partial charge in [-0.05, 0) is 87.5 Å². The summed E-state index contributed by atoms with van der Waals surface area (Å²) in [5.41, 5.74) is 4.17. The first kappa shape index (κ1) is 32.6. The molecule has 2 saturated heterocycles. The fourth-order valence-electron chi connectivity index (χ4n) is 6.48. The predicted molar refractivity (Wildman–Crippen MR) is 181 cm³/mol. The van der Waals surface area contributed by atoms with Crippen LogP contribution in [0.5, 0.6) is 0 Å². The maximum absolute atomic E-state index is 14.7. The molecule has 2 aliphatic heterocycles. The molecule has 7 nitrogen and oxygen atoms in total. The van der Waals surface area contributed by atoms with Gasteiger partial charge in [-0.2, -0.15) is 0 Å². The predicted octanol–water partition coefficient (Wildman–Crippen LogP) is 7.61. The number of benzene rings is 2. The van der Waals surface area contributed by atoms with Crippen molar-refractivity contribution in [2.75, 3.05) is 36.5 Å². The molecule has 2 aromatic carbocycles. The normalized spacial score (nSPS) is 18.9. The highest BCUT2D eigenvalue weighted by atomic mass is 28.4. The highest BCUT2D eigenvalue weighted by Gasteiger charge is 2.40. The third-order valence-electron chi connectivity index (χ3n) is 10.3. The number of anilines is 2. The van der Waals surface area contributed by atoms with Crippen molar-refractivity contribution in [3.63, 3.8) is 0 Å². The van der Waals surface area contributed by atoms with E-state index >= 15 is 0 Å². The van der Waals surface area contributed by atoms with Crippen LogP contribution in [0, 0.1) is 12.7 Å². The number of nitrogens with one attached hydrogen (secondary N) is 1. The first-order valence-corrected chi connectivity index (χ1v) is 19.1. The van der Waals surface area contributed by atoms with E-state index in [2.05, 4.69) is 64.0 Å². The van der Waals surface area contributed by atoms with Crippen molar-refractivity contribution in [3.8, 4) is 0 Å². The van der Waals surface area contributed by atoms with Crippen molar-refractivity contribution in [3.05, 3.63) is 63.5 Å². The Hall–Kier alpha value is -2.75. The minimum Gasteiger partial charge on any atom is -0.414 e. The van der Waals surface area contributed by atoms with Gasteiger partial charge in [0.05, 0.1) is 28.3 Å². The van der Waals surface area contributed by atoms with E-state index in [0.717, 1.165) is 72.6 Å². The number of halogens is 1. The number of nitrogens with zero attached hydrogens (tertiary/aromatic N) is 3. The van der Waals surface area contributed by atoms with Crippen LogP contribution in [0.25, 0.3) is 10.9 Å². The van der Waals surface area contributed by atoms with Crippen LogP contribution >= 0.6 is 0 Å². The molecule has 5 rings (SSSR count). The Bertz CT molecular complexity index is 1570. The number of aryl methyl sites for hydroxylation is 1. The van der Waals surface area contributed by atoms with Gasteiger partial charge < -0.3 is 19.4 Å². The molecule has 240 valence electrons. The van der Waals surface area contributed by atoms with Crippen LogP contribution in [-0.4, -0.2) is 50.3 Å². The summed E-state index contributed by atoms with van der Waals surface area (Å²) in [6, 6.07) is 8.87. The van der Waals surface area contributed by atoms with Gasteiger partial charge in [-0.3, -0.25) is 9.36 Å². The largest absolute Gasteiger partial charge is 0.414 e. The quantitative estimate of drug-likeness (QED) is 0.274. The summed E-state index contributed by atoms with van der Waals surface area (Å²) in [5, 5.41) is 4.47. The molecule has 44 heavy (non-hydrogen) atoms. The first-order chi connectivity index (χ1) is 20.6. The van der Waals surface area contributed by atoms with E-state index in [9.17, 15) is 9.18 Å². The van der Waals surface area contributed by atoms with Gasteiger partial charge in [0.25, 0.3) is 5.56 Å². The molecule has 9 heteroatoms. The minimum atomic E-state index is -1.85. The van der Waals surface area contributed by atoms with E-state index in [0.29, 0.717) is 18.6 Å². The second-order valence-electron chi connectivity index (χ2n) is 14.8. The Morgan fingerprint density at radius 1 is 1.14 bits per heavy atom. The summed E-state index contributed by atoms with van der Waals surface area (Å²) in [7, 11) is -0.0214. The van der Waals surface area contributed by atoms with Crippen LogP contribution in [0.1, 0.15) is 83.3 Å². The molecule has 0 bridgehead atoms. The molecule has 0 saturated carbocycles. The van der Waals surface area contributed by atoms with Gasteiger partial charge in [-0.15, -0.1) is 0 Å². The lowest BCUT2D eigenvalue weighted by Gasteiger charge is -2.42. The molecule has 3 aromatic rings. The lowest BCUT2D eigenvalue weighted by molar-refractivity contribution is 0.0523. The van der Waals surface area contributed by atoms with Crippen molar-refractivity contribution >= 4 is 30.6 Å². The van der Waals surface area contributed by atoms with E-state index < -0.39 is 8.32 Å². The maximum Gasteiger partial charge on any atom is 0.261 e. The molecule has 1 aromatic heterocycles. The van der Waals surface area contributed by atoms with Gasteiger partial charge in [0.15, 0.2) is 8.32 Å². The van der Waals surface area contributed by atoms with Crippen LogP contribution in [0.2, 0.25) is 18.1 Å². The van der Waals surface area contributed by atoms with Gasteiger partial charge in [0.1, 0.15) is 11.6 Å². The Kier molecular flexibility index (Phi) is 9.06. The fourth-order valence-corrected chi connectivity index (χ4v) is 7.90. The zero-order valence-electron chi connectivity index (χ0n) is 28.1. The van der Waals surface area contributed by atoms with Crippen LogP contribution in [0.3, 0.4) is 0 Å². The average molecular weight is 623 g/mol.